The first-order valence-electron chi connectivity index (χ1n) is 6.92. The molecule has 3 rings (SSSR count). The Labute approximate surface area is 133 Å². The van der Waals surface area contributed by atoms with Gasteiger partial charge >= 0.3 is 0 Å². The number of hydrogen-bond donors (Lipinski definition) is 3. The van der Waals surface area contributed by atoms with E-state index in [-0.39, 0.29) is 0 Å². The number of nitrogens with two attached hydrogens (primary N) is 2. The minimum Gasteiger partial charge on any atom is -0.397 e. The molecule has 0 saturated carbocycles. The second kappa shape index (κ2) is 6.03. The maximum atomic E-state index is 9.41. The smallest absolute Gasteiger partial charge is 0.150 e. The molecule has 0 spiro atoms. The Morgan fingerprint density at radius 3 is 2.52 bits per heavy atom. The molecule has 2 heterocycles. The lowest BCUT2D eigenvalue weighted by Crippen LogP contribution is -2.04. The first-order valence-corrected chi connectivity index (χ1v) is 6.92. The summed E-state index contributed by atoms with van der Waals surface area (Å²) in [7, 11) is 0. The molecule has 23 heavy (non-hydrogen) atoms. The molecule has 0 aliphatic carbocycles. The van der Waals surface area contributed by atoms with Crippen molar-refractivity contribution in [2.24, 2.45) is 0 Å². The van der Waals surface area contributed by atoms with Gasteiger partial charge in [0.1, 0.15) is 11.9 Å². The SMILES string of the molecule is N#Cc1cc(-c2ccccn2)c(N)nc1Nc1ccccc1N. The third kappa shape index (κ3) is 2.89. The summed E-state index contributed by atoms with van der Waals surface area (Å²) in [5, 5.41) is 12.5. The molecule has 0 fully saturated rings. The van der Waals surface area contributed by atoms with E-state index in [1.165, 1.54) is 0 Å². The maximum absolute atomic E-state index is 9.41. The fourth-order valence-corrected chi connectivity index (χ4v) is 2.17. The summed E-state index contributed by atoms with van der Waals surface area (Å²) in [5.74, 6) is 0.655. The molecular weight excluding hydrogens is 288 g/mol. The summed E-state index contributed by atoms with van der Waals surface area (Å²) >= 11 is 0. The van der Waals surface area contributed by atoms with Gasteiger partial charge in [0.05, 0.1) is 22.6 Å². The minimum absolute atomic E-state index is 0.291. The minimum atomic E-state index is 0.291. The van der Waals surface area contributed by atoms with Gasteiger partial charge in [-0.25, -0.2) is 4.98 Å². The summed E-state index contributed by atoms with van der Waals surface area (Å²) in [5.41, 5.74) is 14.8. The molecule has 0 aliphatic rings. The quantitative estimate of drug-likeness (QED) is 0.641. The van der Waals surface area contributed by atoms with Gasteiger partial charge in [0, 0.05) is 11.8 Å². The van der Waals surface area contributed by atoms with Gasteiger partial charge in [0.15, 0.2) is 5.82 Å². The van der Waals surface area contributed by atoms with Crippen LogP contribution in [0.2, 0.25) is 0 Å². The van der Waals surface area contributed by atoms with E-state index in [4.69, 9.17) is 11.5 Å². The van der Waals surface area contributed by atoms with Crippen LogP contribution < -0.4 is 16.8 Å². The Bertz CT molecular complexity index is 883. The van der Waals surface area contributed by atoms with Gasteiger partial charge in [-0.05, 0) is 30.3 Å². The molecule has 6 heteroatoms. The molecule has 0 amide bonds. The van der Waals surface area contributed by atoms with Crippen molar-refractivity contribution in [3.05, 3.63) is 60.3 Å². The topological polar surface area (TPSA) is 114 Å². The number of aromatic nitrogens is 2. The normalized spacial score (nSPS) is 10.0. The zero-order chi connectivity index (χ0) is 16.2. The number of benzene rings is 1. The number of nitrogen functional groups attached to an aromatic ring is 2. The zero-order valence-electron chi connectivity index (χ0n) is 12.2. The van der Waals surface area contributed by atoms with Crippen LogP contribution in [0.25, 0.3) is 11.3 Å². The third-order valence-corrected chi connectivity index (χ3v) is 3.33. The van der Waals surface area contributed by atoms with Gasteiger partial charge < -0.3 is 16.8 Å². The van der Waals surface area contributed by atoms with Crippen LogP contribution in [-0.2, 0) is 0 Å². The number of anilines is 4. The molecule has 0 aliphatic heterocycles. The van der Waals surface area contributed by atoms with Gasteiger partial charge in [-0.15, -0.1) is 0 Å². The first kappa shape index (κ1) is 14.4. The van der Waals surface area contributed by atoms with E-state index in [1.54, 1.807) is 24.4 Å². The molecule has 5 N–H and O–H groups in total. The van der Waals surface area contributed by atoms with Crippen LogP contribution in [0.15, 0.2) is 54.7 Å². The van der Waals surface area contributed by atoms with Gasteiger partial charge in [-0.2, -0.15) is 5.26 Å². The summed E-state index contributed by atoms with van der Waals surface area (Å²) in [4.78, 5) is 8.55. The lowest BCUT2D eigenvalue weighted by Gasteiger charge is -2.12. The first-order chi connectivity index (χ1) is 11.2. The predicted octanol–water partition coefficient (Wildman–Crippen LogP) is 2.92. The summed E-state index contributed by atoms with van der Waals surface area (Å²) in [6.45, 7) is 0. The van der Waals surface area contributed by atoms with Crippen molar-refractivity contribution in [2.45, 2.75) is 0 Å². The van der Waals surface area contributed by atoms with Crippen molar-refractivity contribution in [3.8, 4) is 17.3 Å². The molecule has 1 aromatic carbocycles. The van der Waals surface area contributed by atoms with E-state index in [1.807, 2.05) is 30.3 Å². The average molecular weight is 302 g/mol. The van der Waals surface area contributed by atoms with Crippen LogP contribution in [0.5, 0.6) is 0 Å². The van der Waals surface area contributed by atoms with Crippen molar-refractivity contribution in [3.63, 3.8) is 0 Å². The molecular formula is C17H14N6. The number of nitrogens with zero attached hydrogens (tertiary/aromatic N) is 3. The molecule has 2 aromatic heterocycles. The van der Waals surface area contributed by atoms with Crippen molar-refractivity contribution in [1.82, 2.24) is 9.97 Å². The van der Waals surface area contributed by atoms with Crippen molar-refractivity contribution in [1.29, 1.82) is 5.26 Å². The second-order valence-electron chi connectivity index (χ2n) is 4.86. The number of para-hydroxylation sites is 2. The highest BCUT2D eigenvalue weighted by molar-refractivity contribution is 5.79. The molecule has 112 valence electrons. The van der Waals surface area contributed by atoms with Gasteiger partial charge in [-0.1, -0.05) is 18.2 Å². The molecule has 0 radical (unpaired) electrons. The lowest BCUT2D eigenvalue weighted by molar-refractivity contribution is 1.26. The largest absolute Gasteiger partial charge is 0.397 e. The molecule has 3 aromatic rings. The second-order valence-corrected chi connectivity index (χ2v) is 4.86. The Kier molecular flexibility index (Phi) is 3.77. The molecule has 0 atom stereocenters. The van der Waals surface area contributed by atoms with E-state index < -0.39 is 0 Å². The lowest BCUT2D eigenvalue weighted by atomic mass is 10.1. The van der Waals surface area contributed by atoms with E-state index in [2.05, 4.69) is 21.4 Å². The Hall–Kier alpha value is -3.59. The van der Waals surface area contributed by atoms with Gasteiger partial charge in [0.25, 0.3) is 0 Å². The Balaban J connectivity index is 2.05. The van der Waals surface area contributed by atoms with Crippen LogP contribution in [0.3, 0.4) is 0 Å². The molecule has 6 nitrogen and oxygen atoms in total. The Morgan fingerprint density at radius 1 is 1.04 bits per heavy atom. The highest BCUT2D eigenvalue weighted by atomic mass is 15.0. The molecule has 0 saturated heterocycles. The van der Waals surface area contributed by atoms with Crippen LogP contribution in [-0.4, -0.2) is 9.97 Å². The molecule has 0 unspecified atom stereocenters. The maximum Gasteiger partial charge on any atom is 0.150 e. The zero-order valence-corrected chi connectivity index (χ0v) is 12.2. The standard InChI is InChI=1S/C17H14N6/c18-10-11-9-12(14-6-3-4-8-21-14)16(20)23-17(11)22-15-7-2-1-5-13(15)19/h1-9H,19H2,(H3,20,22,23). The third-order valence-electron chi connectivity index (χ3n) is 3.33. The fourth-order valence-electron chi connectivity index (χ4n) is 2.17. The Morgan fingerprint density at radius 2 is 1.83 bits per heavy atom. The van der Waals surface area contributed by atoms with E-state index >= 15 is 0 Å². The van der Waals surface area contributed by atoms with E-state index in [0.29, 0.717) is 39.8 Å². The van der Waals surface area contributed by atoms with Crippen molar-refractivity contribution >= 4 is 23.0 Å². The van der Waals surface area contributed by atoms with Crippen LogP contribution in [0.4, 0.5) is 23.0 Å². The highest BCUT2D eigenvalue weighted by Gasteiger charge is 2.13. The van der Waals surface area contributed by atoms with E-state index in [0.717, 1.165) is 0 Å². The predicted molar refractivity (Wildman–Crippen MR) is 90.7 cm³/mol. The van der Waals surface area contributed by atoms with Gasteiger partial charge in [-0.3, -0.25) is 4.98 Å². The number of nitrogens with one attached hydrogen (secondary N) is 1. The number of hydrogen-bond acceptors (Lipinski definition) is 6. The van der Waals surface area contributed by atoms with E-state index in [9.17, 15) is 5.26 Å². The van der Waals surface area contributed by atoms with Gasteiger partial charge in [0.2, 0.25) is 0 Å². The fraction of sp³-hybridized carbons (Fsp3) is 0. The monoisotopic (exact) mass is 302 g/mol. The summed E-state index contributed by atoms with van der Waals surface area (Å²) in [6, 6.07) is 16.5. The number of pyridine rings is 2. The number of rotatable bonds is 3. The summed E-state index contributed by atoms with van der Waals surface area (Å²) in [6.07, 6.45) is 1.66. The van der Waals surface area contributed by atoms with Crippen LogP contribution in [0.1, 0.15) is 5.56 Å². The summed E-state index contributed by atoms with van der Waals surface area (Å²) < 4.78 is 0. The highest BCUT2D eigenvalue weighted by Crippen LogP contribution is 2.30. The van der Waals surface area contributed by atoms with Crippen LogP contribution >= 0.6 is 0 Å². The number of nitriles is 1. The van der Waals surface area contributed by atoms with Crippen molar-refractivity contribution < 1.29 is 0 Å². The van der Waals surface area contributed by atoms with Crippen LogP contribution in [0, 0.1) is 11.3 Å². The average Bonchev–Trinajstić information content (AvgIpc) is 2.58. The van der Waals surface area contributed by atoms with Crippen molar-refractivity contribution in [2.75, 3.05) is 16.8 Å². The molecule has 0 bridgehead atoms.